The average Bonchev–Trinajstić information content (AvgIpc) is 2.23. The molecule has 0 radical (unpaired) electrons. The summed E-state index contributed by atoms with van der Waals surface area (Å²) < 4.78 is 5.50. The second kappa shape index (κ2) is 6.49. The lowest BCUT2D eigenvalue weighted by atomic mass is 10.2. The topological polar surface area (TPSA) is 35.2 Å². The number of benzene rings is 1. The van der Waals surface area contributed by atoms with Gasteiger partial charge in [-0.15, -0.1) is 6.58 Å². The van der Waals surface area contributed by atoms with Gasteiger partial charge in [-0.2, -0.15) is 0 Å². The van der Waals surface area contributed by atoms with Gasteiger partial charge in [-0.1, -0.05) is 23.7 Å². The highest BCUT2D eigenvalue weighted by Crippen LogP contribution is 2.17. The first kappa shape index (κ1) is 12.1. The van der Waals surface area contributed by atoms with Crippen molar-refractivity contribution in [3.8, 4) is 5.75 Å². The lowest BCUT2D eigenvalue weighted by Gasteiger charge is -2.12. The lowest BCUT2D eigenvalue weighted by Crippen LogP contribution is -2.27. The van der Waals surface area contributed by atoms with Crippen molar-refractivity contribution < 1.29 is 4.74 Å². The summed E-state index contributed by atoms with van der Waals surface area (Å²) in [6.07, 6.45) is 3.67. The Hall–Kier alpha value is -0.990. The van der Waals surface area contributed by atoms with E-state index >= 15 is 0 Å². The third kappa shape index (κ3) is 4.86. The van der Waals surface area contributed by atoms with Crippen LogP contribution in [0.3, 0.4) is 0 Å². The Labute approximate surface area is 95.7 Å². The molecule has 0 aliphatic rings. The molecule has 1 aromatic rings. The number of hydrogen-bond donors (Lipinski definition) is 1. The van der Waals surface area contributed by atoms with E-state index in [4.69, 9.17) is 22.1 Å². The number of allylic oxidation sites excluding steroid dienone is 1. The number of nitrogens with two attached hydrogens (primary N) is 1. The molecule has 1 unspecified atom stereocenters. The molecular weight excluding hydrogens is 210 g/mol. The number of hydrogen-bond acceptors (Lipinski definition) is 2. The van der Waals surface area contributed by atoms with Gasteiger partial charge in [-0.05, 0) is 31.0 Å². The first-order valence-electron chi connectivity index (χ1n) is 4.97. The zero-order valence-corrected chi connectivity index (χ0v) is 9.41. The second-order valence-electron chi connectivity index (χ2n) is 3.39. The third-order valence-corrected chi connectivity index (χ3v) is 2.24. The summed E-state index contributed by atoms with van der Waals surface area (Å²) in [6, 6.07) is 7.36. The van der Waals surface area contributed by atoms with Crippen molar-refractivity contribution in [2.45, 2.75) is 18.9 Å². The molecule has 0 aliphatic carbocycles. The number of ether oxygens (including phenoxy) is 1. The summed E-state index contributed by atoms with van der Waals surface area (Å²) >= 11 is 5.82. The van der Waals surface area contributed by atoms with Gasteiger partial charge in [0.25, 0.3) is 0 Å². The zero-order valence-electron chi connectivity index (χ0n) is 8.66. The van der Waals surface area contributed by atoms with Gasteiger partial charge in [0.15, 0.2) is 0 Å². The summed E-state index contributed by atoms with van der Waals surface area (Å²) in [5.41, 5.74) is 5.84. The van der Waals surface area contributed by atoms with E-state index in [9.17, 15) is 0 Å². The van der Waals surface area contributed by atoms with E-state index < -0.39 is 0 Å². The Morgan fingerprint density at radius 2 is 2.33 bits per heavy atom. The lowest BCUT2D eigenvalue weighted by molar-refractivity contribution is 0.283. The minimum atomic E-state index is 0.0435. The highest BCUT2D eigenvalue weighted by Gasteiger charge is 2.02. The first-order valence-corrected chi connectivity index (χ1v) is 5.35. The minimum Gasteiger partial charge on any atom is -0.492 e. The zero-order chi connectivity index (χ0) is 11.1. The summed E-state index contributed by atoms with van der Waals surface area (Å²) in [6.45, 7) is 4.16. The van der Waals surface area contributed by atoms with E-state index in [1.165, 1.54) is 0 Å². The predicted octanol–water partition coefficient (Wildman–Crippen LogP) is 3.01. The Morgan fingerprint density at radius 1 is 1.53 bits per heavy atom. The first-order chi connectivity index (χ1) is 7.22. The smallest absolute Gasteiger partial charge is 0.120 e. The highest BCUT2D eigenvalue weighted by molar-refractivity contribution is 6.30. The molecule has 1 atom stereocenters. The number of halogens is 1. The average molecular weight is 226 g/mol. The molecule has 0 saturated carbocycles. The van der Waals surface area contributed by atoms with Crippen LogP contribution in [0.4, 0.5) is 0 Å². The molecule has 2 nitrogen and oxygen atoms in total. The molecular formula is C12H16ClNO. The van der Waals surface area contributed by atoms with E-state index in [0.29, 0.717) is 11.6 Å². The van der Waals surface area contributed by atoms with Crippen LogP contribution in [-0.4, -0.2) is 12.6 Å². The molecule has 1 rings (SSSR count). The Balaban J connectivity index is 2.33. The summed E-state index contributed by atoms with van der Waals surface area (Å²) in [7, 11) is 0. The fourth-order valence-corrected chi connectivity index (χ4v) is 1.36. The molecule has 3 heteroatoms. The summed E-state index contributed by atoms with van der Waals surface area (Å²) in [4.78, 5) is 0. The van der Waals surface area contributed by atoms with Crippen LogP contribution in [0, 0.1) is 0 Å². The van der Waals surface area contributed by atoms with Gasteiger partial charge >= 0.3 is 0 Å². The van der Waals surface area contributed by atoms with Crippen molar-refractivity contribution in [3.05, 3.63) is 41.9 Å². The van der Waals surface area contributed by atoms with E-state index in [0.717, 1.165) is 18.6 Å². The standard InChI is InChI=1S/C12H16ClNO/c1-2-3-6-11(14)9-15-12-7-4-5-10(13)8-12/h2,4-5,7-8,11H,1,3,6,9,14H2. The summed E-state index contributed by atoms with van der Waals surface area (Å²) in [5.74, 6) is 0.761. The maximum Gasteiger partial charge on any atom is 0.120 e. The number of rotatable bonds is 6. The van der Waals surface area contributed by atoms with Gasteiger partial charge in [-0.25, -0.2) is 0 Å². The minimum absolute atomic E-state index is 0.0435. The maximum absolute atomic E-state index is 5.84. The predicted molar refractivity (Wildman–Crippen MR) is 64.4 cm³/mol. The van der Waals surface area contributed by atoms with Crippen molar-refractivity contribution >= 4 is 11.6 Å². The van der Waals surface area contributed by atoms with Crippen molar-refractivity contribution in [2.75, 3.05) is 6.61 Å². The molecule has 0 saturated heterocycles. The molecule has 0 fully saturated rings. The molecule has 0 aliphatic heterocycles. The normalized spacial score (nSPS) is 12.1. The van der Waals surface area contributed by atoms with E-state index in [-0.39, 0.29) is 6.04 Å². The van der Waals surface area contributed by atoms with Crippen molar-refractivity contribution in [1.29, 1.82) is 0 Å². The van der Waals surface area contributed by atoms with Crippen LogP contribution in [0.1, 0.15) is 12.8 Å². The Morgan fingerprint density at radius 3 is 3.00 bits per heavy atom. The molecule has 2 N–H and O–H groups in total. The van der Waals surface area contributed by atoms with Gasteiger partial charge in [-0.3, -0.25) is 0 Å². The monoisotopic (exact) mass is 225 g/mol. The van der Waals surface area contributed by atoms with Gasteiger partial charge < -0.3 is 10.5 Å². The van der Waals surface area contributed by atoms with Crippen LogP contribution >= 0.6 is 11.6 Å². The van der Waals surface area contributed by atoms with Crippen molar-refractivity contribution in [2.24, 2.45) is 5.73 Å². The van der Waals surface area contributed by atoms with E-state index in [1.54, 1.807) is 6.07 Å². The van der Waals surface area contributed by atoms with Gasteiger partial charge in [0, 0.05) is 11.1 Å². The van der Waals surface area contributed by atoms with Crippen LogP contribution in [0.15, 0.2) is 36.9 Å². The van der Waals surface area contributed by atoms with Crippen LogP contribution < -0.4 is 10.5 Å². The Kier molecular flexibility index (Phi) is 5.22. The molecule has 0 heterocycles. The maximum atomic E-state index is 5.84. The van der Waals surface area contributed by atoms with E-state index in [2.05, 4.69) is 6.58 Å². The SMILES string of the molecule is C=CCCC(N)COc1cccc(Cl)c1. The fraction of sp³-hybridized carbons (Fsp3) is 0.333. The van der Waals surface area contributed by atoms with Crippen molar-refractivity contribution in [3.63, 3.8) is 0 Å². The molecule has 0 spiro atoms. The van der Waals surface area contributed by atoms with Gasteiger partial charge in [0.1, 0.15) is 12.4 Å². The third-order valence-electron chi connectivity index (χ3n) is 2.00. The second-order valence-corrected chi connectivity index (χ2v) is 3.83. The molecule has 0 amide bonds. The molecule has 0 bridgehead atoms. The molecule has 1 aromatic carbocycles. The van der Waals surface area contributed by atoms with Crippen LogP contribution in [-0.2, 0) is 0 Å². The van der Waals surface area contributed by atoms with E-state index in [1.807, 2.05) is 24.3 Å². The molecule has 82 valence electrons. The van der Waals surface area contributed by atoms with Crippen LogP contribution in [0.2, 0.25) is 5.02 Å². The largest absolute Gasteiger partial charge is 0.492 e. The van der Waals surface area contributed by atoms with Gasteiger partial charge in [0.05, 0.1) is 0 Å². The Bertz CT molecular complexity index is 314. The quantitative estimate of drug-likeness (QED) is 0.756. The summed E-state index contributed by atoms with van der Waals surface area (Å²) in [5, 5.41) is 0.673. The van der Waals surface area contributed by atoms with Crippen LogP contribution in [0.5, 0.6) is 5.75 Å². The van der Waals surface area contributed by atoms with Crippen molar-refractivity contribution in [1.82, 2.24) is 0 Å². The molecule has 0 aromatic heterocycles. The molecule has 15 heavy (non-hydrogen) atoms. The fourth-order valence-electron chi connectivity index (χ4n) is 1.18. The highest BCUT2D eigenvalue weighted by atomic mass is 35.5. The van der Waals surface area contributed by atoms with Gasteiger partial charge in [0.2, 0.25) is 0 Å². The van der Waals surface area contributed by atoms with Crippen LogP contribution in [0.25, 0.3) is 0 Å².